The van der Waals surface area contributed by atoms with Crippen LogP contribution in [-0.2, 0) is 4.74 Å². The Hall–Kier alpha value is -3.13. The SMILES string of the molecule is COC(=O)c1ccc(C(=O)NC(=S)Nc2cc(OC)ccc2OC)cc1. The maximum absolute atomic E-state index is 12.3. The summed E-state index contributed by atoms with van der Waals surface area (Å²) in [4.78, 5) is 23.7. The molecule has 7 nitrogen and oxygen atoms in total. The van der Waals surface area contributed by atoms with Gasteiger partial charge >= 0.3 is 5.97 Å². The van der Waals surface area contributed by atoms with Crippen molar-refractivity contribution < 1.29 is 23.8 Å². The van der Waals surface area contributed by atoms with Crippen molar-refractivity contribution in [3.8, 4) is 11.5 Å². The number of carbonyl (C=O) groups is 2. The van der Waals surface area contributed by atoms with Gasteiger partial charge in [-0.1, -0.05) is 0 Å². The van der Waals surface area contributed by atoms with Crippen LogP contribution in [0.2, 0.25) is 0 Å². The predicted octanol–water partition coefficient (Wildman–Crippen LogP) is 2.62. The van der Waals surface area contributed by atoms with E-state index in [-0.39, 0.29) is 5.11 Å². The number of rotatable bonds is 5. The number of carbonyl (C=O) groups excluding carboxylic acids is 2. The van der Waals surface area contributed by atoms with Crippen molar-refractivity contribution in [2.24, 2.45) is 0 Å². The predicted molar refractivity (Wildman–Crippen MR) is 101 cm³/mol. The summed E-state index contributed by atoms with van der Waals surface area (Å²) in [5.41, 5.74) is 1.25. The monoisotopic (exact) mass is 374 g/mol. The third-order valence-electron chi connectivity index (χ3n) is 3.45. The topological polar surface area (TPSA) is 85.9 Å². The van der Waals surface area contributed by atoms with Gasteiger partial charge in [-0.15, -0.1) is 0 Å². The van der Waals surface area contributed by atoms with Crippen molar-refractivity contribution in [1.29, 1.82) is 0 Å². The molecule has 26 heavy (non-hydrogen) atoms. The van der Waals surface area contributed by atoms with Crippen molar-refractivity contribution in [3.63, 3.8) is 0 Å². The van der Waals surface area contributed by atoms with E-state index in [0.29, 0.717) is 28.3 Å². The first-order chi connectivity index (χ1) is 12.5. The Morgan fingerprint density at radius 3 is 2.15 bits per heavy atom. The summed E-state index contributed by atoms with van der Waals surface area (Å²) in [5.74, 6) is 0.269. The number of amides is 1. The molecule has 0 radical (unpaired) electrons. The van der Waals surface area contributed by atoms with E-state index >= 15 is 0 Å². The number of thiocarbonyl (C=S) groups is 1. The molecule has 0 bridgehead atoms. The van der Waals surface area contributed by atoms with Gasteiger partial charge in [0.05, 0.1) is 32.6 Å². The van der Waals surface area contributed by atoms with Gasteiger partial charge in [-0.05, 0) is 48.6 Å². The molecule has 0 aliphatic carbocycles. The highest BCUT2D eigenvalue weighted by atomic mass is 32.1. The Labute approximate surface area is 156 Å². The van der Waals surface area contributed by atoms with E-state index in [4.69, 9.17) is 21.7 Å². The lowest BCUT2D eigenvalue weighted by atomic mass is 10.1. The molecule has 0 heterocycles. The number of hydrogen-bond acceptors (Lipinski definition) is 6. The molecule has 0 aliphatic heterocycles. The van der Waals surface area contributed by atoms with Crippen LogP contribution in [0.25, 0.3) is 0 Å². The van der Waals surface area contributed by atoms with E-state index in [2.05, 4.69) is 15.4 Å². The molecule has 0 fully saturated rings. The van der Waals surface area contributed by atoms with Crippen LogP contribution in [0.15, 0.2) is 42.5 Å². The smallest absolute Gasteiger partial charge is 0.337 e. The van der Waals surface area contributed by atoms with Gasteiger partial charge in [-0.2, -0.15) is 0 Å². The second-order valence-corrected chi connectivity index (χ2v) is 5.45. The molecule has 0 saturated heterocycles. The maximum Gasteiger partial charge on any atom is 0.337 e. The average molecular weight is 374 g/mol. The zero-order valence-corrected chi connectivity index (χ0v) is 15.3. The van der Waals surface area contributed by atoms with Crippen molar-refractivity contribution in [2.45, 2.75) is 0 Å². The van der Waals surface area contributed by atoms with Crippen LogP contribution in [0, 0.1) is 0 Å². The molecule has 0 aliphatic rings. The zero-order valence-electron chi connectivity index (χ0n) is 14.5. The van der Waals surface area contributed by atoms with Gasteiger partial charge < -0.3 is 19.5 Å². The van der Waals surface area contributed by atoms with Crippen LogP contribution < -0.4 is 20.1 Å². The van der Waals surface area contributed by atoms with Crippen LogP contribution in [0.1, 0.15) is 20.7 Å². The first-order valence-corrected chi connectivity index (χ1v) is 7.92. The largest absolute Gasteiger partial charge is 0.497 e. The van der Waals surface area contributed by atoms with Crippen molar-refractivity contribution in [1.82, 2.24) is 5.32 Å². The number of benzene rings is 2. The second-order valence-electron chi connectivity index (χ2n) is 5.04. The minimum atomic E-state index is -0.473. The lowest BCUT2D eigenvalue weighted by Gasteiger charge is -2.14. The van der Waals surface area contributed by atoms with Gasteiger partial charge in [0, 0.05) is 11.6 Å². The Bertz CT molecular complexity index is 821. The summed E-state index contributed by atoms with van der Waals surface area (Å²) in [6.07, 6.45) is 0. The van der Waals surface area contributed by atoms with Crippen molar-refractivity contribution >= 4 is 34.9 Å². The fourth-order valence-electron chi connectivity index (χ4n) is 2.12. The van der Waals surface area contributed by atoms with E-state index in [1.807, 2.05) is 0 Å². The summed E-state index contributed by atoms with van der Waals surface area (Å²) in [6.45, 7) is 0. The molecule has 2 N–H and O–H groups in total. The van der Waals surface area contributed by atoms with Gasteiger partial charge in [-0.3, -0.25) is 10.1 Å². The molecule has 2 aromatic carbocycles. The average Bonchev–Trinajstić information content (AvgIpc) is 2.67. The van der Waals surface area contributed by atoms with E-state index < -0.39 is 11.9 Å². The fourth-order valence-corrected chi connectivity index (χ4v) is 2.32. The van der Waals surface area contributed by atoms with Gasteiger partial charge in [0.25, 0.3) is 5.91 Å². The normalized spacial score (nSPS) is 9.81. The van der Waals surface area contributed by atoms with Gasteiger partial charge in [0.2, 0.25) is 0 Å². The minimum absolute atomic E-state index is 0.0959. The number of esters is 1. The second kappa shape index (κ2) is 8.82. The summed E-state index contributed by atoms with van der Waals surface area (Å²) in [5, 5.41) is 5.56. The number of ether oxygens (including phenoxy) is 3. The van der Waals surface area contributed by atoms with Gasteiger partial charge in [0.1, 0.15) is 11.5 Å². The lowest BCUT2D eigenvalue weighted by molar-refractivity contribution is 0.0600. The molecule has 2 aromatic rings. The fraction of sp³-hybridized carbons (Fsp3) is 0.167. The molecular weight excluding hydrogens is 356 g/mol. The first-order valence-electron chi connectivity index (χ1n) is 7.51. The summed E-state index contributed by atoms with van der Waals surface area (Å²) < 4.78 is 15.0. The molecule has 0 spiro atoms. The Balaban J connectivity index is 2.05. The Morgan fingerprint density at radius 1 is 0.923 bits per heavy atom. The first kappa shape index (κ1) is 19.2. The van der Waals surface area contributed by atoms with Crippen LogP contribution >= 0.6 is 12.2 Å². The third-order valence-corrected chi connectivity index (χ3v) is 3.65. The number of anilines is 1. The Morgan fingerprint density at radius 2 is 1.58 bits per heavy atom. The summed E-state index contributed by atoms with van der Waals surface area (Å²) in [7, 11) is 4.36. The van der Waals surface area contributed by atoms with E-state index in [1.165, 1.54) is 38.5 Å². The standard InChI is InChI=1S/C18H18N2O5S/c1-23-13-8-9-15(24-2)14(10-13)19-18(26)20-16(21)11-4-6-12(7-5-11)17(22)25-3/h4-10H,1-3H3,(H2,19,20,21,26). The Kier molecular flexibility index (Phi) is 6.51. The molecule has 0 unspecified atom stereocenters. The molecule has 0 atom stereocenters. The number of hydrogen-bond donors (Lipinski definition) is 2. The zero-order chi connectivity index (χ0) is 19.1. The number of nitrogens with one attached hydrogen (secondary N) is 2. The molecule has 2 rings (SSSR count). The van der Waals surface area contributed by atoms with Gasteiger partial charge in [-0.25, -0.2) is 4.79 Å². The highest BCUT2D eigenvalue weighted by molar-refractivity contribution is 7.80. The molecular formula is C18H18N2O5S. The molecule has 0 aromatic heterocycles. The van der Waals surface area contributed by atoms with E-state index in [1.54, 1.807) is 25.3 Å². The van der Waals surface area contributed by atoms with Crippen LogP contribution in [-0.4, -0.2) is 38.3 Å². The van der Waals surface area contributed by atoms with E-state index in [0.717, 1.165) is 0 Å². The van der Waals surface area contributed by atoms with Crippen molar-refractivity contribution in [3.05, 3.63) is 53.6 Å². The van der Waals surface area contributed by atoms with Gasteiger partial charge in [0.15, 0.2) is 5.11 Å². The summed E-state index contributed by atoms with van der Waals surface area (Å²) in [6, 6.07) is 11.2. The molecule has 136 valence electrons. The van der Waals surface area contributed by atoms with E-state index in [9.17, 15) is 9.59 Å². The van der Waals surface area contributed by atoms with Crippen LogP contribution in [0.5, 0.6) is 11.5 Å². The minimum Gasteiger partial charge on any atom is -0.497 e. The quantitative estimate of drug-likeness (QED) is 0.615. The molecule has 1 amide bonds. The highest BCUT2D eigenvalue weighted by Gasteiger charge is 2.12. The number of methoxy groups -OCH3 is 3. The molecule has 0 saturated carbocycles. The highest BCUT2D eigenvalue weighted by Crippen LogP contribution is 2.28. The van der Waals surface area contributed by atoms with Crippen LogP contribution in [0.3, 0.4) is 0 Å². The van der Waals surface area contributed by atoms with Crippen LogP contribution in [0.4, 0.5) is 5.69 Å². The maximum atomic E-state index is 12.3. The molecule has 8 heteroatoms. The lowest BCUT2D eigenvalue weighted by Crippen LogP contribution is -2.34. The van der Waals surface area contributed by atoms with Crippen molar-refractivity contribution in [2.75, 3.05) is 26.6 Å². The third kappa shape index (κ3) is 4.70. The summed E-state index contributed by atoms with van der Waals surface area (Å²) >= 11 is 5.17.